The number of nitrogens with zero attached hydrogens (tertiary/aromatic N) is 2. The molecule has 5 nitrogen and oxygen atoms in total. The van der Waals surface area contributed by atoms with Crippen molar-refractivity contribution >= 4 is 28.8 Å². The largest absolute Gasteiger partial charge is 0.476 e. The Morgan fingerprint density at radius 1 is 1.53 bits per heavy atom. The molecule has 0 spiro atoms. The van der Waals surface area contributed by atoms with Crippen LogP contribution in [0.1, 0.15) is 10.4 Å². The van der Waals surface area contributed by atoms with Crippen molar-refractivity contribution in [2.24, 2.45) is 10.9 Å². The van der Waals surface area contributed by atoms with Crippen LogP contribution in [0.3, 0.4) is 0 Å². The van der Waals surface area contributed by atoms with E-state index in [0.29, 0.717) is 12.2 Å². The van der Waals surface area contributed by atoms with Crippen LogP contribution in [-0.4, -0.2) is 22.6 Å². The minimum atomic E-state index is -0.0736. The van der Waals surface area contributed by atoms with Gasteiger partial charge in [-0.2, -0.15) is 0 Å². The molecule has 2 aromatic rings. The summed E-state index contributed by atoms with van der Waals surface area (Å²) < 4.78 is 5.52. The second-order valence-electron chi connectivity index (χ2n) is 3.64. The van der Waals surface area contributed by atoms with Gasteiger partial charge in [0.15, 0.2) is 5.84 Å². The number of hydrogen-bond acceptors (Lipinski definition) is 5. The zero-order chi connectivity index (χ0) is 13.7. The van der Waals surface area contributed by atoms with Crippen molar-refractivity contribution in [3.05, 3.63) is 45.2 Å². The van der Waals surface area contributed by atoms with Gasteiger partial charge in [-0.1, -0.05) is 22.8 Å². The molecule has 0 saturated heterocycles. The van der Waals surface area contributed by atoms with Crippen molar-refractivity contribution in [2.75, 3.05) is 6.61 Å². The summed E-state index contributed by atoms with van der Waals surface area (Å²) in [7, 11) is 0. The van der Waals surface area contributed by atoms with Crippen molar-refractivity contribution < 1.29 is 9.94 Å². The van der Waals surface area contributed by atoms with Crippen LogP contribution in [0.25, 0.3) is 0 Å². The van der Waals surface area contributed by atoms with Gasteiger partial charge in [0.1, 0.15) is 5.02 Å². The van der Waals surface area contributed by atoms with Crippen LogP contribution in [0.5, 0.6) is 5.88 Å². The fraction of sp³-hybridized carbons (Fsp3) is 0.167. The van der Waals surface area contributed by atoms with Gasteiger partial charge in [0, 0.05) is 23.1 Å². The lowest BCUT2D eigenvalue weighted by Crippen LogP contribution is -2.14. The molecule has 100 valence electrons. The molecule has 0 aliphatic rings. The molecule has 2 aromatic heterocycles. The van der Waals surface area contributed by atoms with Crippen molar-refractivity contribution in [3.63, 3.8) is 0 Å². The number of amidine groups is 1. The fourth-order valence-corrected chi connectivity index (χ4v) is 2.43. The molecule has 0 aliphatic carbocycles. The average Bonchev–Trinajstić information content (AvgIpc) is 2.93. The lowest BCUT2D eigenvalue weighted by atomic mass is 10.2. The molecule has 0 amide bonds. The van der Waals surface area contributed by atoms with Gasteiger partial charge in [0.25, 0.3) is 0 Å². The maximum absolute atomic E-state index is 8.65. The number of ether oxygens (including phenoxy) is 1. The van der Waals surface area contributed by atoms with Gasteiger partial charge in [-0.25, -0.2) is 4.98 Å². The third-order valence-electron chi connectivity index (χ3n) is 2.41. The van der Waals surface area contributed by atoms with Gasteiger partial charge in [-0.05, 0) is 17.5 Å². The number of oxime groups is 1. The van der Waals surface area contributed by atoms with E-state index in [1.807, 2.05) is 17.5 Å². The summed E-state index contributed by atoms with van der Waals surface area (Å²) in [6, 6.07) is 5.59. The average molecular weight is 298 g/mol. The summed E-state index contributed by atoms with van der Waals surface area (Å²) in [6.07, 6.45) is 2.28. The normalized spacial score (nSPS) is 11.5. The molecule has 2 heterocycles. The summed E-state index contributed by atoms with van der Waals surface area (Å²) in [4.78, 5) is 5.26. The van der Waals surface area contributed by atoms with E-state index in [1.165, 1.54) is 11.1 Å². The zero-order valence-corrected chi connectivity index (χ0v) is 11.5. The van der Waals surface area contributed by atoms with E-state index in [0.717, 1.165) is 6.42 Å². The van der Waals surface area contributed by atoms with Gasteiger partial charge >= 0.3 is 0 Å². The van der Waals surface area contributed by atoms with E-state index in [9.17, 15) is 0 Å². The second-order valence-corrected chi connectivity index (χ2v) is 5.05. The maximum Gasteiger partial charge on any atom is 0.233 e. The molecule has 0 saturated carbocycles. The highest BCUT2D eigenvalue weighted by atomic mass is 35.5. The first-order chi connectivity index (χ1) is 9.22. The zero-order valence-electron chi connectivity index (χ0n) is 9.91. The molecule has 0 atom stereocenters. The van der Waals surface area contributed by atoms with Gasteiger partial charge in [0.05, 0.1) is 6.61 Å². The van der Waals surface area contributed by atoms with E-state index in [1.54, 1.807) is 17.4 Å². The van der Waals surface area contributed by atoms with Gasteiger partial charge in [-0.3, -0.25) is 0 Å². The molecule has 7 heteroatoms. The van der Waals surface area contributed by atoms with Gasteiger partial charge in [0.2, 0.25) is 5.88 Å². The smallest absolute Gasteiger partial charge is 0.233 e. The Bertz CT molecular complexity index is 572. The third kappa shape index (κ3) is 3.36. The van der Waals surface area contributed by atoms with Gasteiger partial charge < -0.3 is 15.7 Å². The summed E-state index contributed by atoms with van der Waals surface area (Å²) >= 11 is 7.75. The lowest BCUT2D eigenvalue weighted by Gasteiger charge is -2.08. The number of hydrogen-bond donors (Lipinski definition) is 2. The maximum atomic E-state index is 8.65. The summed E-state index contributed by atoms with van der Waals surface area (Å²) in [5, 5.41) is 13.8. The van der Waals surface area contributed by atoms with Crippen LogP contribution in [-0.2, 0) is 6.42 Å². The Balaban J connectivity index is 2.04. The summed E-state index contributed by atoms with van der Waals surface area (Å²) in [5.74, 6) is 0.206. The molecule has 19 heavy (non-hydrogen) atoms. The van der Waals surface area contributed by atoms with Crippen LogP contribution >= 0.6 is 22.9 Å². The van der Waals surface area contributed by atoms with Crippen LogP contribution in [0.2, 0.25) is 5.02 Å². The van der Waals surface area contributed by atoms with Crippen molar-refractivity contribution in [2.45, 2.75) is 6.42 Å². The van der Waals surface area contributed by atoms with Crippen LogP contribution < -0.4 is 10.5 Å². The predicted octanol–water partition coefficient (Wildman–Crippen LogP) is 2.51. The first-order valence-electron chi connectivity index (χ1n) is 5.50. The monoisotopic (exact) mass is 297 g/mol. The molecule has 0 fully saturated rings. The highest BCUT2D eigenvalue weighted by Gasteiger charge is 2.12. The minimum absolute atomic E-state index is 0.0736. The standard InChI is InChI=1S/C12H12ClN3O2S/c13-10-9(11(14)16-17)3-5-15-12(10)18-6-4-8-2-1-7-19-8/h1-3,5,7,17H,4,6H2,(H2,14,16). The second kappa shape index (κ2) is 6.40. The Morgan fingerprint density at radius 2 is 2.37 bits per heavy atom. The van der Waals surface area contributed by atoms with E-state index >= 15 is 0 Å². The fourth-order valence-electron chi connectivity index (χ4n) is 1.48. The molecule has 0 aliphatic heterocycles. The molecular weight excluding hydrogens is 286 g/mol. The van der Waals surface area contributed by atoms with Crippen LogP contribution in [0.15, 0.2) is 34.9 Å². The topological polar surface area (TPSA) is 80.7 Å². The molecular formula is C12H12ClN3O2S. The molecule has 0 unspecified atom stereocenters. The third-order valence-corrected chi connectivity index (χ3v) is 3.71. The molecule has 0 aromatic carbocycles. The first kappa shape index (κ1) is 13.6. The first-order valence-corrected chi connectivity index (χ1v) is 6.75. The predicted molar refractivity (Wildman–Crippen MR) is 75.3 cm³/mol. The molecule has 0 bridgehead atoms. The van der Waals surface area contributed by atoms with Crippen LogP contribution in [0.4, 0.5) is 0 Å². The van der Waals surface area contributed by atoms with Crippen molar-refractivity contribution in [1.29, 1.82) is 0 Å². The van der Waals surface area contributed by atoms with Crippen molar-refractivity contribution in [3.8, 4) is 5.88 Å². The Kier molecular flexibility index (Phi) is 4.59. The van der Waals surface area contributed by atoms with E-state index < -0.39 is 0 Å². The Morgan fingerprint density at radius 3 is 3.05 bits per heavy atom. The lowest BCUT2D eigenvalue weighted by molar-refractivity contribution is 0.310. The number of rotatable bonds is 5. The number of halogens is 1. The van der Waals surface area contributed by atoms with Crippen molar-refractivity contribution in [1.82, 2.24) is 4.98 Å². The van der Waals surface area contributed by atoms with Crippen LogP contribution in [0, 0.1) is 0 Å². The minimum Gasteiger partial charge on any atom is -0.476 e. The Hall–Kier alpha value is -1.79. The quantitative estimate of drug-likeness (QED) is 0.384. The molecule has 0 radical (unpaired) electrons. The van der Waals surface area contributed by atoms with E-state index in [4.69, 9.17) is 27.3 Å². The number of thiophene rings is 1. The van der Waals surface area contributed by atoms with E-state index in [2.05, 4.69) is 10.1 Å². The van der Waals surface area contributed by atoms with Gasteiger partial charge in [-0.15, -0.1) is 11.3 Å². The molecule has 2 rings (SSSR count). The number of pyridine rings is 1. The Labute approximate surface area is 119 Å². The number of aromatic nitrogens is 1. The highest BCUT2D eigenvalue weighted by molar-refractivity contribution is 7.09. The number of nitrogens with two attached hydrogens (primary N) is 1. The SMILES string of the molecule is N/C(=N/O)c1ccnc(OCCc2cccs2)c1Cl. The summed E-state index contributed by atoms with van der Waals surface area (Å²) in [6.45, 7) is 0.465. The summed E-state index contributed by atoms with van der Waals surface area (Å²) in [5.41, 5.74) is 5.90. The van der Waals surface area contributed by atoms with E-state index in [-0.39, 0.29) is 16.7 Å². The molecule has 3 N–H and O–H groups in total. The highest BCUT2D eigenvalue weighted by Crippen LogP contribution is 2.25.